The van der Waals surface area contributed by atoms with Crippen LogP contribution in [-0.2, 0) is 0 Å². The van der Waals surface area contributed by atoms with E-state index in [4.69, 9.17) is 4.42 Å². The molecular formula is C17H12N2O. The van der Waals surface area contributed by atoms with Gasteiger partial charge in [-0.2, -0.15) is 0 Å². The van der Waals surface area contributed by atoms with Gasteiger partial charge in [-0.1, -0.05) is 42.5 Å². The van der Waals surface area contributed by atoms with Crippen molar-refractivity contribution in [2.45, 2.75) is 0 Å². The highest BCUT2D eigenvalue weighted by molar-refractivity contribution is 5.95. The number of imidazole rings is 1. The van der Waals surface area contributed by atoms with Crippen LogP contribution < -0.4 is 0 Å². The molecular weight excluding hydrogens is 248 g/mol. The molecule has 0 aliphatic carbocycles. The van der Waals surface area contributed by atoms with Crippen molar-refractivity contribution in [3.05, 3.63) is 67.1 Å². The molecule has 0 aliphatic rings. The highest BCUT2D eigenvalue weighted by Gasteiger charge is 2.09. The van der Waals surface area contributed by atoms with Crippen LogP contribution in [0.25, 0.3) is 33.6 Å². The Morgan fingerprint density at radius 1 is 0.900 bits per heavy atom. The Balaban J connectivity index is 1.88. The minimum Gasteiger partial charge on any atom is -0.461 e. The summed E-state index contributed by atoms with van der Waals surface area (Å²) in [5, 5.41) is 2.43. The molecule has 3 nitrogen and oxygen atoms in total. The molecule has 0 radical (unpaired) electrons. The zero-order chi connectivity index (χ0) is 13.4. The first-order chi connectivity index (χ1) is 9.92. The number of hydrogen-bond acceptors (Lipinski definition) is 2. The Morgan fingerprint density at radius 3 is 2.70 bits per heavy atom. The number of benzene rings is 2. The van der Waals surface area contributed by atoms with E-state index in [-0.39, 0.29) is 0 Å². The van der Waals surface area contributed by atoms with Crippen molar-refractivity contribution in [2.24, 2.45) is 0 Å². The number of H-pyrrole nitrogens is 1. The number of furan rings is 1. The lowest BCUT2D eigenvalue weighted by molar-refractivity contribution is 0.578. The van der Waals surface area contributed by atoms with Crippen LogP contribution in [0.4, 0.5) is 0 Å². The Labute approximate surface area is 115 Å². The fourth-order valence-corrected chi connectivity index (χ4v) is 2.46. The Hall–Kier alpha value is -2.81. The van der Waals surface area contributed by atoms with Crippen molar-refractivity contribution >= 4 is 10.8 Å². The summed E-state index contributed by atoms with van der Waals surface area (Å²) in [6, 6.07) is 18.4. The van der Waals surface area contributed by atoms with Crippen molar-refractivity contribution < 1.29 is 4.42 Å². The van der Waals surface area contributed by atoms with Crippen molar-refractivity contribution in [3.8, 4) is 22.8 Å². The third kappa shape index (κ3) is 1.72. The number of fused-ring (bicyclic) bond motifs is 1. The Morgan fingerprint density at radius 2 is 1.80 bits per heavy atom. The molecule has 2 aromatic heterocycles. The predicted octanol–water partition coefficient (Wildman–Crippen LogP) is 4.49. The van der Waals surface area contributed by atoms with E-state index in [1.54, 1.807) is 6.26 Å². The molecule has 0 amide bonds. The largest absolute Gasteiger partial charge is 0.461 e. The molecule has 0 bridgehead atoms. The van der Waals surface area contributed by atoms with Gasteiger partial charge in [0.1, 0.15) is 0 Å². The van der Waals surface area contributed by atoms with E-state index in [1.807, 2.05) is 24.4 Å². The zero-order valence-corrected chi connectivity index (χ0v) is 10.7. The summed E-state index contributed by atoms with van der Waals surface area (Å²) in [6.45, 7) is 0. The molecule has 0 saturated heterocycles. The van der Waals surface area contributed by atoms with Crippen LogP contribution in [0.5, 0.6) is 0 Å². The van der Waals surface area contributed by atoms with E-state index in [0.29, 0.717) is 0 Å². The van der Waals surface area contributed by atoms with Gasteiger partial charge >= 0.3 is 0 Å². The van der Waals surface area contributed by atoms with Gasteiger partial charge in [-0.05, 0) is 22.9 Å². The predicted molar refractivity (Wildman–Crippen MR) is 79.2 cm³/mol. The topological polar surface area (TPSA) is 41.8 Å². The first kappa shape index (κ1) is 11.1. The number of nitrogens with zero attached hydrogens (tertiary/aromatic N) is 1. The average molecular weight is 260 g/mol. The maximum absolute atomic E-state index is 5.36. The monoisotopic (exact) mass is 260 g/mol. The van der Waals surface area contributed by atoms with E-state index in [0.717, 1.165) is 22.8 Å². The molecule has 3 heteroatoms. The van der Waals surface area contributed by atoms with Crippen LogP contribution in [0, 0.1) is 0 Å². The third-order valence-electron chi connectivity index (χ3n) is 3.41. The molecule has 0 unspecified atom stereocenters. The van der Waals surface area contributed by atoms with Crippen molar-refractivity contribution in [1.29, 1.82) is 0 Å². The lowest BCUT2D eigenvalue weighted by Gasteiger charge is -2.03. The van der Waals surface area contributed by atoms with Crippen molar-refractivity contribution in [3.63, 3.8) is 0 Å². The van der Waals surface area contributed by atoms with Gasteiger partial charge in [0, 0.05) is 5.56 Å². The minimum atomic E-state index is 0.747. The van der Waals surface area contributed by atoms with Gasteiger partial charge < -0.3 is 9.40 Å². The maximum Gasteiger partial charge on any atom is 0.173 e. The summed E-state index contributed by atoms with van der Waals surface area (Å²) in [5.41, 5.74) is 2.14. The van der Waals surface area contributed by atoms with Gasteiger partial charge in [0.25, 0.3) is 0 Å². The van der Waals surface area contributed by atoms with Crippen molar-refractivity contribution in [1.82, 2.24) is 9.97 Å². The van der Waals surface area contributed by atoms with Crippen molar-refractivity contribution in [2.75, 3.05) is 0 Å². The first-order valence-corrected chi connectivity index (χ1v) is 6.49. The molecule has 0 atom stereocenters. The normalized spacial score (nSPS) is 11.0. The number of rotatable bonds is 2. The van der Waals surface area contributed by atoms with E-state index in [9.17, 15) is 0 Å². The molecule has 0 fully saturated rings. The zero-order valence-electron chi connectivity index (χ0n) is 10.7. The molecule has 1 N–H and O–H groups in total. The summed E-state index contributed by atoms with van der Waals surface area (Å²) < 4.78 is 5.36. The Kier molecular flexibility index (Phi) is 2.42. The second-order valence-electron chi connectivity index (χ2n) is 4.65. The van der Waals surface area contributed by atoms with E-state index >= 15 is 0 Å². The van der Waals surface area contributed by atoms with Gasteiger partial charge in [-0.25, -0.2) is 4.98 Å². The molecule has 20 heavy (non-hydrogen) atoms. The molecule has 4 rings (SSSR count). The van der Waals surface area contributed by atoms with Crippen LogP contribution in [0.3, 0.4) is 0 Å². The molecule has 96 valence electrons. The first-order valence-electron chi connectivity index (χ1n) is 6.49. The molecule has 2 aromatic carbocycles. The lowest BCUT2D eigenvalue weighted by atomic mass is 10.0. The molecule has 0 aliphatic heterocycles. The SMILES string of the molecule is c1coc(-c2ncc(-c3cccc4ccccc34)[nH]2)c1. The van der Waals surface area contributed by atoms with E-state index in [1.165, 1.54) is 10.8 Å². The summed E-state index contributed by atoms with van der Waals surface area (Å²) in [4.78, 5) is 7.71. The van der Waals surface area contributed by atoms with Crippen LogP contribution in [0.15, 0.2) is 71.5 Å². The highest BCUT2D eigenvalue weighted by atomic mass is 16.3. The van der Waals surface area contributed by atoms with Gasteiger partial charge in [-0.3, -0.25) is 0 Å². The smallest absolute Gasteiger partial charge is 0.173 e. The fraction of sp³-hybridized carbons (Fsp3) is 0. The molecule has 2 heterocycles. The fourth-order valence-electron chi connectivity index (χ4n) is 2.46. The van der Waals surface area contributed by atoms with Gasteiger partial charge in [-0.15, -0.1) is 0 Å². The molecule has 0 spiro atoms. The number of nitrogens with one attached hydrogen (secondary N) is 1. The van der Waals surface area contributed by atoms with Crippen LogP contribution in [-0.4, -0.2) is 9.97 Å². The summed E-state index contributed by atoms with van der Waals surface area (Å²) >= 11 is 0. The van der Waals surface area contributed by atoms with E-state index < -0.39 is 0 Å². The maximum atomic E-state index is 5.36. The number of hydrogen-bond donors (Lipinski definition) is 1. The Bertz CT molecular complexity index is 854. The lowest BCUT2D eigenvalue weighted by Crippen LogP contribution is -1.81. The average Bonchev–Trinajstić information content (AvgIpc) is 3.17. The highest BCUT2D eigenvalue weighted by Crippen LogP contribution is 2.28. The van der Waals surface area contributed by atoms with Crippen LogP contribution in [0.1, 0.15) is 0 Å². The third-order valence-corrected chi connectivity index (χ3v) is 3.41. The second kappa shape index (κ2) is 4.38. The summed E-state index contributed by atoms with van der Waals surface area (Å²) in [7, 11) is 0. The molecule has 0 saturated carbocycles. The van der Waals surface area contributed by atoms with Gasteiger partial charge in [0.15, 0.2) is 11.6 Å². The summed E-state index contributed by atoms with van der Waals surface area (Å²) in [6.07, 6.45) is 3.50. The quantitative estimate of drug-likeness (QED) is 0.577. The van der Waals surface area contributed by atoms with E-state index in [2.05, 4.69) is 46.4 Å². The van der Waals surface area contributed by atoms with Gasteiger partial charge in [0.05, 0.1) is 18.2 Å². The second-order valence-corrected chi connectivity index (χ2v) is 4.65. The summed E-state index contributed by atoms with van der Waals surface area (Å²) in [5.74, 6) is 1.49. The minimum absolute atomic E-state index is 0.747. The number of aromatic amines is 1. The van der Waals surface area contributed by atoms with Crippen LogP contribution in [0.2, 0.25) is 0 Å². The molecule has 4 aromatic rings. The number of aromatic nitrogens is 2. The van der Waals surface area contributed by atoms with Gasteiger partial charge in [0.2, 0.25) is 0 Å². The standard InChI is InChI=1S/C17H12N2O/c1-2-7-13-12(5-1)6-3-8-14(13)15-11-18-17(19-15)16-9-4-10-20-16/h1-11H,(H,18,19). The van der Waals surface area contributed by atoms with Crippen LogP contribution >= 0.6 is 0 Å².